The number of piperazine rings is 1. The fraction of sp³-hybridized carbons (Fsp3) is 0.292. The molecule has 3 aromatic heterocycles. The molecule has 8 heteroatoms. The molecule has 0 aliphatic carbocycles. The van der Waals surface area contributed by atoms with Crippen LogP contribution in [0.15, 0.2) is 37.3 Å². The fourth-order valence-electron chi connectivity index (χ4n) is 3.76. The molecular formula is C24H30N8. The van der Waals surface area contributed by atoms with E-state index in [4.69, 9.17) is 0 Å². The van der Waals surface area contributed by atoms with Crippen molar-refractivity contribution in [3.05, 3.63) is 64.7 Å². The standard InChI is InChI=1S/C24H30N8/c1-16(20-14-26-27-15-20)6-7-22-17(2)23(30-29-22)19(4)28-21-8-9-25-24(18(21)3)32-12-10-31(5)11-13-32/h6-9,14-15,29H,2,4,10-13H2,1,3,5H3,(H,25,28)(H,26,27)/b16-6+,22-7+. The van der Waals surface area contributed by atoms with E-state index in [1.54, 1.807) is 6.20 Å². The Morgan fingerprint density at radius 1 is 1.25 bits per heavy atom. The lowest BCUT2D eigenvalue weighted by Crippen LogP contribution is -2.45. The van der Waals surface area contributed by atoms with E-state index in [9.17, 15) is 0 Å². The summed E-state index contributed by atoms with van der Waals surface area (Å²) < 4.78 is 0. The molecule has 0 aromatic carbocycles. The van der Waals surface area contributed by atoms with E-state index in [2.05, 4.69) is 67.6 Å². The van der Waals surface area contributed by atoms with Crippen LogP contribution in [0.25, 0.3) is 23.9 Å². The van der Waals surface area contributed by atoms with Crippen LogP contribution < -0.4 is 20.8 Å². The minimum atomic E-state index is 0.695. The summed E-state index contributed by atoms with van der Waals surface area (Å²) in [4.78, 5) is 9.31. The molecule has 0 amide bonds. The minimum Gasteiger partial charge on any atom is -0.354 e. The van der Waals surface area contributed by atoms with Crippen LogP contribution >= 0.6 is 0 Å². The van der Waals surface area contributed by atoms with Crippen LogP contribution in [0.5, 0.6) is 0 Å². The number of pyridine rings is 1. The van der Waals surface area contributed by atoms with Crippen molar-refractivity contribution in [1.29, 1.82) is 0 Å². The molecule has 4 heterocycles. The third-order valence-corrected chi connectivity index (χ3v) is 5.90. The van der Waals surface area contributed by atoms with E-state index < -0.39 is 0 Å². The molecule has 0 bridgehead atoms. The summed E-state index contributed by atoms with van der Waals surface area (Å²) in [6.45, 7) is 16.6. The summed E-state index contributed by atoms with van der Waals surface area (Å²) in [5.74, 6) is 1.02. The zero-order chi connectivity index (χ0) is 22.7. The van der Waals surface area contributed by atoms with Gasteiger partial charge in [-0.3, -0.25) is 10.2 Å². The molecule has 8 nitrogen and oxygen atoms in total. The average molecular weight is 431 g/mol. The van der Waals surface area contributed by atoms with Gasteiger partial charge in [0.2, 0.25) is 0 Å². The lowest BCUT2D eigenvalue weighted by atomic mass is 10.1. The second kappa shape index (κ2) is 9.23. The van der Waals surface area contributed by atoms with E-state index >= 15 is 0 Å². The number of nitrogens with zero attached hydrogens (tertiary/aromatic N) is 5. The minimum absolute atomic E-state index is 0.695. The number of allylic oxidation sites excluding steroid dienone is 2. The number of nitrogens with one attached hydrogen (secondary N) is 3. The van der Waals surface area contributed by atoms with E-state index in [-0.39, 0.29) is 0 Å². The zero-order valence-corrected chi connectivity index (χ0v) is 18.9. The maximum absolute atomic E-state index is 4.64. The Kier molecular flexibility index (Phi) is 6.23. The van der Waals surface area contributed by atoms with Gasteiger partial charge in [0.25, 0.3) is 0 Å². The first-order valence-corrected chi connectivity index (χ1v) is 10.7. The Labute approximate surface area is 188 Å². The number of likely N-dealkylation sites (N-methyl/N-ethyl adjacent to an activating group) is 1. The lowest BCUT2D eigenvalue weighted by Gasteiger charge is -2.34. The Balaban J connectivity index is 1.53. The monoisotopic (exact) mass is 430 g/mol. The van der Waals surface area contributed by atoms with Gasteiger partial charge in [-0.05, 0) is 38.6 Å². The lowest BCUT2D eigenvalue weighted by molar-refractivity contribution is 0.312. The normalized spacial score (nSPS) is 15.9. The third kappa shape index (κ3) is 4.50. The van der Waals surface area contributed by atoms with Crippen molar-refractivity contribution in [2.75, 3.05) is 43.4 Å². The molecule has 1 aliphatic heterocycles. The van der Waals surface area contributed by atoms with E-state index in [0.29, 0.717) is 11.4 Å². The van der Waals surface area contributed by atoms with Crippen molar-refractivity contribution < 1.29 is 0 Å². The quantitative estimate of drug-likeness (QED) is 0.554. The van der Waals surface area contributed by atoms with E-state index in [0.717, 1.165) is 65.0 Å². The van der Waals surface area contributed by atoms with Crippen molar-refractivity contribution in [3.8, 4) is 0 Å². The molecule has 32 heavy (non-hydrogen) atoms. The second-order valence-corrected chi connectivity index (χ2v) is 8.17. The maximum Gasteiger partial charge on any atom is 0.133 e. The smallest absolute Gasteiger partial charge is 0.133 e. The molecule has 0 radical (unpaired) electrons. The van der Waals surface area contributed by atoms with Gasteiger partial charge in [0.15, 0.2) is 0 Å². The first-order valence-electron chi connectivity index (χ1n) is 10.7. The van der Waals surface area contributed by atoms with Gasteiger partial charge in [-0.15, -0.1) is 0 Å². The number of rotatable bonds is 6. The van der Waals surface area contributed by atoms with Crippen molar-refractivity contribution in [3.63, 3.8) is 0 Å². The first-order chi connectivity index (χ1) is 15.4. The van der Waals surface area contributed by atoms with Crippen molar-refractivity contribution >= 4 is 35.4 Å². The molecule has 0 atom stereocenters. The highest BCUT2D eigenvalue weighted by Gasteiger charge is 2.18. The molecule has 1 saturated heterocycles. The molecule has 4 rings (SSSR count). The Hall–Kier alpha value is -3.65. The number of hydrogen-bond donors (Lipinski definition) is 3. The molecule has 0 saturated carbocycles. The molecule has 1 aliphatic rings. The summed E-state index contributed by atoms with van der Waals surface area (Å²) >= 11 is 0. The number of H-pyrrole nitrogens is 2. The number of hydrogen-bond acceptors (Lipinski definition) is 6. The topological polar surface area (TPSA) is 88.8 Å². The highest BCUT2D eigenvalue weighted by molar-refractivity contribution is 5.77. The Bertz CT molecular complexity index is 1230. The van der Waals surface area contributed by atoms with E-state index in [1.165, 1.54) is 0 Å². The number of anilines is 2. The van der Waals surface area contributed by atoms with Crippen LogP contribution in [0.4, 0.5) is 11.5 Å². The highest BCUT2D eigenvalue weighted by atomic mass is 15.3. The summed E-state index contributed by atoms with van der Waals surface area (Å²) in [6.07, 6.45) is 9.49. The molecule has 3 aromatic rings. The molecule has 0 unspecified atom stereocenters. The summed E-state index contributed by atoms with van der Waals surface area (Å²) in [5, 5.41) is 19.4. The SMILES string of the molecule is C=C(Nc1ccnc(N2CCN(C)CC2)c1C)c1n[nH]/c(=C/C=C(\C)c2cn[nH]c2)c1=C. The Morgan fingerprint density at radius 2 is 2.03 bits per heavy atom. The van der Waals surface area contributed by atoms with Gasteiger partial charge in [0.1, 0.15) is 11.5 Å². The highest BCUT2D eigenvalue weighted by Crippen LogP contribution is 2.26. The summed E-state index contributed by atoms with van der Waals surface area (Å²) in [5.41, 5.74) is 5.62. The van der Waals surface area contributed by atoms with Crippen LogP contribution in [-0.2, 0) is 0 Å². The maximum atomic E-state index is 4.64. The van der Waals surface area contributed by atoms with Crippen molar-refractivity contribution in [2.24, 2.45) is 0 Å². The average Bonchev–Trinajstić information content (AvgIpc) is 3.44. The van der Waals surface area contributed by atoms with Crippen LogP contribution in [-0.4, -0.2) is 63.5 Å². The van der Waals surface area contributed by atoms with Gasteiger partial charge in [0.05, 0.1) is 17.2 Å². The van der Waals surface area contributed by atoms with Gasteiger partial charge in [-0.1, -0.05) is 19.2 Å². The summed E-state index contributed by atoms with van der Waals surface area (Å²) in [7, 11) is 2.15. The number of aromatic nitrogens is 5. The fourth-order valence-corrected chi connectivity index (χ4v) is 3.76. The molecule has 166 valence electrons. The molecule has 0 spiro atoms. The van der Waals surface area contributed by atoms with Crippen molar-refractivity contribution in [2.45, 2.75) is 13.8 Å². The molecule has 3 N–H and O–H groups in total. The van der Waals surface area contributed by atoms with Gasteiger partial charge >= 0.3 is 0 Å². The first kappa shape index (κ1) is 21.6. The molecule has 1 fully saturated rings. The predicted octanol–water partition coefficient (Wildman–Crippen LogP) is 1.97. The van der Waals surface area contributed by atoms with Crippen LogP contribution in [0.3, 0.4) is 0 Å². The van der Waals surface area contributed by atoms with Gasteiger partial charge < -0.3 is 15.1 Å². The van der Waals surface area contributed by atoms with Gasteiger partial charge in [0, 0.05) is 60.6 Å². The predicted molar refractivity (Wildman–Crippen MR) is 131 cm³/mol. The Morgan fingerprint density at radius 3 is 2.75 bits per heavy atom. The van der Waals surface area contributed by atoms with Gasteiger partial charge in [-0.25, -0.2) is 4.98 Å². The second-order valence-electron chi connectivity index (χ2n) is 8.17. The largest absolute Gasteiger partial charge is 0.354 e. The van der Waals surface area contributed by atoms with Crippen LogP contribution in [0.2, 0.25) is 0 Å². The summed E-state index contributed by atoms with van der Waals surface area (Å²) in [6, 6.07) is 1.97. The van der Waals surface area contributed by atoms with Crippen molar-refractivity contribution in [1.82, 2.24) is 30.3 Å². The van der Waals surface area contributed by atoms with Crippen LogP contribution in [0.1, 0.15) is 23.7 Å². The van der Waals surface area contributed by atoms with Crippen LogP contribution in [0, 0.1) is 6.92 Å². The number of aromatic amines is 2. The van der Waals surface area contributed by atoms with E-state index in [1.807, 2.05) is 37.5 Å². The zero-order valence-electron chi connectivity index (χ0n) is 18.9. The third-order valence-electron chi connectivity index (χ3n) is 5.90. The van der Waals surface area contributed by atoms with Gasteiger partial charge in [-0.2, -0.15) is 10.2 Å². The molecular weight excluding hydrogens is 400 g/mol.